The van der Waals surface area contributed by atoms with E-state index < -0.39 is 0 Å². The molecule has 1 aliphatic heterocycles. The standard InChI is InChI=1S/C24H28N4O3/c1-3-30-21-7-5-4-6-20(21)25-22(29)16-28-14-12-19(13-15-28)24-26-23(27-31-24)18-10-8-17(2)9-11-18/h4-11,19H,3,12-16H2,1-2H3,(H,25,29). The third-order valence-corrected chi connectivity index (χ3v) is 5.52. The van der Waals surface area contributed by atoms with E-state index in [0.29, 0.717) is 36.3 Å². The molecule has 7 nitrogen and oxygen atoms in total. The van der Waals surface area contributed by atoms with E-state index in [-0.39, 0.29) is 11.8 Å². The lowest BCUT2D eigenvalue weighted by atomic mass is 9.97. The van der Waals surface area contributed by atoms with E-state index in [1.807, 2.05) is 55.5 Å². The van der Waals surface area contributed by atoms with Crippen LogP contribution in [0.1, 0.15) is 37.1 Å². The summed E-state index contributed by atoms with van der Waals surface area (Å²) >= 11 is 0. The maximum Gasteiger partial charge on any atom is 0.238 e. The average molecular weight is 421 g/mol. The minimum atomic E-state index is -0.0370. The van der Waals surface area contributed by atoms with Crippen LogP contribution >= 0.6 is 0 Å². The Labute approximate surface area is 182 Å². The van der Waals surface area contributed by atoms with Gasteiger partial charge in [-0.25, -0.2) is 0 Å². The van der Waals surface area contributed by atoms with E-state index in [1.54, 1.807) is 0 Å². The first-order valence-corrected chi connectivity index (χ1v) is 10.8. The van der Waals surface area contributed by atoms with Crippen molar-refractivity contribution < 1.29 is 14.1 Å². The number of benzene rings is 2. The molecule has 2 aromatic carbocycles. The summed E-state index contributed by atoms with van der Waals surface area (Å²) in [5.41, 5.74) is 2.87. The van der Waals surface area contributed by atoms with Gasteiger partial charge in [0.1, 0.15) is 5.75 Å². The molecule has 1 amide bonds. The number of amides is 1. The van der Waals surface area contributed by atoms with Crippen LogP contribution in [0.25, 0.3) is 11.4 Å². The largest absolute Gasteiger partial charge is 0.492 e. The third-order valence-electron chi connectivity index (χ3n) is 5.52. The Kier molecular flexibility index (Phi) is 6.62. The Morgan fingerprint density at radius 1 is 1.16 bits per heavy atom. The summed E-state index contributed by atoms with van der Waals surface area (Å²) in [4.78, 5) is 19.3. The number of likely N-dealkylation sites (tertiary alicyclic amines) is 1. The number of aryl methyl sites for hydroxylation is 1. The highest BCUT2D eigenvalue weighted by Gasteiger charge is 2.26. The fraction of sp³-hybridized carbons (Fsp3) is 0.375. The summed E-state index contributed by atoms with van der Waals surface area (Å²) in [5, 5.41) is 7.12. The van der Waals surface area contributed by atoms with Crippen molar-refractivity contribution in [2.24, 2.45) is 0 Å². The second kappa shape index (κ2) is 9.75. The molecule has 4 rings (SSSR count). The molecular formula is C24H28N4O3. The number of carbonyl (C=O) groups is 1. The molecule has 1 aliphatic rings. The molecule has 0 atom stereocenters. The molecule has 3 aromatic rings. The zero-order valence-corrected chi connectivity index (χ0v) is 18.0. The summed E-state index contributed by atoms with van der Waals surface area (Å²) in [5.74, 6) is 2.20. The molecule has 2 heterocycles. The minimum Gasteiger partial charge on any atom is -0.492 e. The molecule has 0 aliphatic carbocycles. The zero-order chi connectivity index (χ0) is 21.6. The van der Waals surface area contributed by atoms with Gasteiger partial charge in [0.25, 0.3) is 0 Å². The molecule has 31 heavy (non-hydrogen) atoms. The summed E-state index contributed by atoms with van der Waals surface area (Å²) in [6, 6.07) is 15.6. The third kappa shape index (κ3) is 5.30. The second-order valence-corrected chi connectivity index (χ2v) is 7.85. The van der Waals surface area contributed by atoms with Gasteiger partial charge in [-0.1, -0.05) is 47.1 Å². The first-order chi connectivity index (χ1) is 15.1. The van der Waals surface area contributed by atoms with Crippen LogP contribution < -0.4 is 10.1 Å². The van der Waals surface area contributed by atoms with E-state index in [1.165, 1.54) is 5.56 Å². The maximum atomic E-state index is 12.5. The van der Waals surface area contributed by atoms with Crippen LogP contribution in [0.5, 0.6) is 5.75 Å². The summed E-state index contributed by atoms with van der Waals surface area (Å²) in [6.45, 7) is 6.52. The smallest absolute Gasteiger partial charge is 0.238 e. The van der Waals surface area contributed by atoms with E-state index in [2.05, 4.69) is 27.3 Å². The Hall–Kier alpha value is -3.19. The van der Waals surface area contributed by atoms with Gasteiger partial charge in [-0.05, 0) is 51.9 Å². The lowest BCUT2D eigenvalue weighted by Gasteiger charge is -2.29. The van der Waals surface area contributed by atoms with Crippen LogP contribution in [0.3, 0.4) is 0 Å². The summed E-state index contributed by atoms with van der Waals surface area (Å²) in [6.07, 6.45) is 1.77. The second-order valence-electron chi connectivity index (χ2n) is 7.85. The Morgan fingerprint density at radius 2 is 1.90 bits per heavy atom. The van der Waals surface area contributed by atoms with Crippen LogP contribution in [0.15, 0.2) is 53.1 Å². The molecular weight excluding hydrogens is 392 g/mol. The van der Waals surface area contributed by atoms with E-state index in [9.17, 15) is 4.79 Å². The lowest BCUT2D eigenvalue weighted by Crippen LogP contribution is -2.38. The number of rotatable bonds is 7. The number of carbonyl (C=O) groups excluding carboxylic acids is 1. The fourth-order valence-electron chi connectivity index (χ4n) is 3.80. The van der Waals surface area contributed by atoms with Gasteiger partial charge in [0.15, 0.2) is 0 Å². The van der Waals surface area contributed by atoms with Gasteiger partial charge in [0, 0.05) is 11.5 Å². The highest BCUT2D eigenvalue weighted by Crippen LogP contribution is 2.29. The average Bonchev–Trinajstić information content (AvgIpc) is 3.26. The van der Waals surface area contributed by atoms with Gasteiger partial charge in [0.05, 0.1) is 18.8 Å². The quantitative estimate of drug-likeness (QED) is 0.615. The molecule has 0 unspecified atom stereocenters. The van der Waals surface area contributed by atoms with Crippen molar-refractivity contribution in [2.45, 2.75) is 32.6 Å². The Morgan fingerprint density at radius 3 is 2.65 bits per heavy atom. The van der Waals surface area contributed by atoms with Gasteiger partial charge >= 0.3 is 0 Å². The molecule has 0 spiro atoms. The Bertz CT molecular complexity index is 1010. The first kappa shape index (κ1) is 21.1. The molecule has 162 valence electrons. The predicted molar refractivity (Wildman–Crippen MR) is 119 cm³/mol. The number of anilines is 1. The molecule has 0 bridgehead atoms. The van der Waals surface area contributed by atoms with Gasteiger partial charge in [-0.15, -0.1) is 0 Å². The van der Waals surface area contributed by atoms with Crippen LogP contribution in [0.2, 0.25) is 0 Å². The number of hydrogen-bond acceptors (Lipinski definition) is 6. The Balaban J connectivity index is 1.29. The van der Waals surface area contributed by atoms with Gasteiger partial charge in [-0.2, -0.15) is 4.98 Å². The van der Waals surface area contributed by atoms with Gasteiger partial charge in [0.2, 0.25) is 17.6 Å². The fourth-order valence-corrected chi connectivity index (χ4v) is 3.80. The van der Waals surface area contributed by atoms with Crippen LogP contribution in [0, 0.1) is 6.92 Å². The van der Waals surface area contributed by atoms with Crippen molar-refractivity contribution in [3.05, 3.63) is 60.0 Å². The molecule has 1 aromatic heterocycles. The van der Waals surface area contributed by atoms with Gasteiger partial charge in [-0.3, -0.25) is 9.69 Å². The lowest BCUT2D eigenvalue weighted by molar-refractivity contribution is -0.117. The zero-order valence-electron chi connectivity index (χ0n) is 18.0. The molecule has 1 N–H and O–H groups in total. The van der Waals surface area contributed by atoms with E-state index >= 15 is 0 Å². The number of ether oxygens (including phenoxy) is 1. The highest BCUT2D eigenvalue weighted by molar-refractivity contribution is 5.93. The molecule has 1 saturated heterocycles. The number of aromatic nitrogens is 2. The topological polar surface area (TPSA) is 80.5 Å². The normalized spacial score (nSPS) is 15.0. The number of nitrogens with one attached hydrogen (secondary N) is 1. The number of hydrogen-bond donors (Lipinski definition) is 1. The SMILES string of the molecule is CCOc1ccccc1NC(=O)CN1CCC(c2nc(-c3ccc(C)cc3)no2)CC1. The minimum absolute atomic E-state index is 0.0370. The number of piperidine rings is 1. The van der Waals surface area contributed by atoms with Crippen LogP contribution in [-0.4, -0.2) is 47.2 Å². The van der Waals surface area contributed by atoms with Crippen molar-refractivity contribution >= 4 is 11.6 Å². The highest BCUT2D eigenvalue weighted by atomic mass is 16.5. The summed E-state index contributed by atoms with van der Waals surface area (Å²) < 4.78 is 11.1. The molecule has 0 radical (unpaired) electrons. The summed E-state index contributed by atoms with van der Waals surface area (Å²) in [7, 11) is 0. The first-order valence-electron chi connectivity index (χ1n) is 10.8. The van der Waals surface area contributed by atoms with Crippen LogP contribution in [0.4, 0.5) is 5.69 Å². The van der Waals surface area contributed by atoms with E-state index in [4.69, 9.17) is 9.26 Å². The number of para-hydroxylation sites is 2. The number of nitrogens with zero attached hydrogens (tertiary/aromatic N) is 3. The maximum absolute atomic E-state index is 12.5. The van der Waals surface area contributed by atoms with Crippen molar-refractivity contribution in [2.75, 3.05) is 31.6 Å². The monoisotopic (exact) mass is 420 g/mol. The van der Waals surface area contributed by atoms with E-state index in [0.717, 1.165) is 31.5 Å². The van der Waals surface area contributed by atoms with Crippen molar-refractivity contribution in [3.63, 3.8) is 0 Å². The molecule has 7 heteroatoms. The van der Waals surface area contributed by atoms with Crippen molar-refractivity contribution in [1.82, 2.24) is 15.0 Å². The van der Waals surface area contributed by atoms with Gasteiger partial charge < -0.3 is 14.6 Å². The van der Waals surface area contributed by atoms with Crippen molar-refractivity contribution in [3.8, 4) is 17.1 Å². The van der Waals surface area contributed by atoms with Crippen LogP contribution in [-0.2, 0) is 4.79 Å². The predicted octanol–water partition coefficient (Wildman–Crippen LogP) is 4.26. The van der Waals surface area contributed by atoms with Crippen molar-refractivity contribution in [1.29, 1.82) is 0 Å². The molecule has 0 saturated carbocycles. The molecule has 1 fully saturated rings.